The SMILES string of the molecule is O=[N+]([O-])c1ccc(OCCS)cc1Cl. The van der Waals surface area contributed by atoms with Gasteiger partial charge in [-0.05, 0) is 6.07 Å². The maximum atomic E-state index is 10.4. The normalized spacial score (nSPS) is 9.86. The first-order valence-electron chi connectivity index (χ1n) is 3.82. The van der Waals surface area contributed by atoms with Gasteiger partial charge in [0, 0.05) is 17.9 Å². The smallest absolute Gasteiger partial charge is 0.288 e. The van der Waals surface area contributed by atoms with Crippen LogP contribution in [0, 0.1) is 10.1 Å². The van der Waals surface area contributed by atoms with Gasteiger partial charge in [-0.2, -0.15) is 12.6 Å². The standard InChI is InChI=1S/C8H8ClNO3S/c9-7-5-6(13-3-4-14)1-2-8(7)10(11)12/h1-2,5,14H,3-4H2. The summed E-state index contributed by atoms with van der Waals surface area (Å²) in [6.07, 6.45) is 0. The van der Waals surface area contributed by atoms with Crippen LogP contribution in [0.4, 0.5) is 5.69 Å². The van der Waals surface area contributed by atoms with Crippen LogP contribution in [-0.2, 0) is 0 Å². The van der Waals surface area contributed by atoms with Crippen LogP contribution in [0.1, 0.15) is 0 Å². The highest BCUT2D eigenvalue weighted by molar-refractivity contribution is 7.80. The molecule has 1 aromatic carbocycles. The fourth-order valence-corrected chi connectivity index (χ4v) is 1.22. The number of hydrogen-bond donors (Lipinski definition) is 1. The first-order chi connectivity index (χ1) is 6.65. The van der Waals surface area contributed by atoms with Crippen molar-refractivity contribution < 1.29 is 9.66 Å². The van der Waals surface area contributed by atoms with E-state index in [1.165, 1.54) is 18.2 Å². The van der Waals surface area contributed by atoms with E-state index >= 15 is 0 Å². The van der Waals surface area contributed by atoms with Crippen LogP contribution in [0.5, 0.6) is 5.75 Å². The van der Waals surface area contributed by atoms with Crippen LogP contribution >= 0.6 is 24.2 Å². The molecule has 0 aliphatic rings. The van der Waals surface area contributed by atoms with Crippen molar-refractivity contribution >= 4 is 29.9 Å². The van der Waals surface area contributed by atoms with Gasteiger partial charge in [-0.3, -0.25) is 10.1 Å². The molecule has 76 valence electrons. The molecule has 0 aliphatic heterocycles. The Balaban J connectivity index is 2.83. The fraction of sp³-hybridized carbons (Fsp3) is 0.250. The number of hydrogen-bond acceptors (Lipinski definition) is 4. The van der Waals surface area contributed by atoms with Crippen LogP contribution < -0.4 is 4.74 Å². The van der Waals surface area contributed by atoms with E-state index in [0.29, 0.717) is 18.1 Å². The van der Waals surface area contributed by atoms with Gasteiger partial charge >= 0.3 is 0 Å². The quantitative estimate of drug-likeness (QED) is 0.494. The van der Waals surface area contributed by atoms with Crippen molar-refractivity contribution in [1.29, 1.82) is 0 Å². The Morgan fingerprint density at radius 2 is 2.29 bits per heavy atom. The second-order valence-corrected chi connectivity index (χ2v) is 3.30. The number of rotatable bonds is 4. The van der Waals surface area contributed by atoms with Crippen molar-refractivity contribution in [2.75, 3.05) is 12.4 Å². The van der Waals surface area contributed by atoms with Gasteiger partial charge in [0.05, 0.1) is 11.5 Å². The van der Waals surface area contributed by atoms with E-state index in [1.54, 1.807) is 0 Å². The largest absolute Gasteiger partial charge is 0.493 e. The Kier molecular flexibility index (Phi) is 4.03. The van der Waals surface area contributed by atoms with Crippen LogP contribution in [-0.4, -0.2) is 17.3 Å². The number of benzene rings is 1. The summed E-state index contributed by atoms with van der Waals surface area (Å²) in [5, 5.41) is 10.5. The lowest BCUT2D eigenvalue weighted by molar-refractivity contribution is -0.384. The van der Waals surface area contributed by atoms with Crippen molar-refractivity contribution in [3.8, 4) is 5.75 Å². The topological polar surface area (TPSA) is 52.4 Å². The summed E-state index contributed by atoms with van der Waals surface area (Å²) >= 11 is 9.63. The average molecular weight is 234 g/mol. The molecule has 0 amide bonds. The highest BCUT2D eigenvalue weighted by atomic mass is 35.5. The summed E-state index contributed by atoms with van der Waals surface area (Å²) in [4.78, 5) is 9.88. The van der Waals surface area contributed by atoms with Crippen LogP contribution in [0.25, 0.3) is 0 Å². The lowest BCUT2D eigenvalue weighted by Gasteiger charge is -2.03. The van der Waals surface area contributed by atoms with Gasteiger partial charge in [0.25, 0.3) is 5.69 Å². The van der Waals surface area contributed by atoms with E-state index in [-0.39, 0.29) is 10.7 Å². The van der Waals surface area contributed by atoms with Crippen molar-refractivity contribution in [2.24, 2.45) is 0 Å². The van der Waals surface area contributed by atoms with E-state index in [9.17, 15) is 10.1 Å². The van der Waals surface area contributed by atoms with Gasteiger partial charge in [0.1, 0.15) is 10.8 Å². The molecule has 0 aliphatic carbocycles. The zero-order chi connectivity index (χ0) is 10.6. The lowest BCUT2D eigenvalue weighted by atomic mass is 10.3. The highest BCUT2D eigenvalue weighted by Crippen LogP contribution is 2.28. The molecule has 4 nitrogen and oxygen atoms in total. The minimum absolute atomic E-state index is 0.0756. The van der Waals surface area contributed by atoms with E-state index < -0.39 is 4.92 Å². The monoisotopic (exact) mass is 233 g/mol. The summed E-state index contributed by atoms with van der Waals surface area (Å²) in [6.45, 7) is 0.442. The second-order valence-electron chi connectivity index (χ2n) is 2.44. The van der Waals surface area contributed by atoms with E-state index in [2.05, 4.69) is 12.6 Å². The molecule has 1 aromatic rings. The van der Waals surface area contributed by atoms with Gasteiger partial charge in [0.2, 0.25) is 0 Å². The molecule has 14 heavy (non-hydrogen) atoms. The Hall–Kier alpha value is -0.940. The molecular formula is C8H8ClNO3S. The molecule has 6 heteroatoms. The minimum Gasteiger partial charge on any atom is -0.493 e. The molecule has 0 aromatic heterocycles. The van der Waals surface area contributed by atoms with Crippen molar-refractivity contribution in [3.63, 3.8) is 0 Å². The second kappa shape index (κ2) is 5.07. The van der Waals surface area contributed by atoms with Crippen LogP contribution in [0.15, 0.2) is 18.2 Å². The molecule has 0 atom stereocenters. The number of thiol groups is 1. The molecule has 0 heterocycles. The molecule has 0 saturated heterocycles. The molecule has 0 saturated carbocycles. The molecule has 0 N–H and O–H groups in total. The summed E-state index contributed by atoms with van der Waals surface area (Å²) < 4.78 is 5.19. The van der Waals surface area contributed by atoms with Gasteiger partial charge in [-0.15, -0.1) is 0 Å². The molecule has 0 fully saturated rings. The minimum atomic E-state index is -0.537. The van der Waals surface area contributed by atoms with Crippen LogP contribution in [0.3, 0.4) is 0 Å². The van der Waals surface area contributed by atoms with Gasteiger partial charge in [-0.1, -0.05) is 11.6 Å². The Morgan fingerprint density at radius 3 is 2.79 bits per heavy atom. The Labute approximate surface area is 91.4 Å². The molecule has 0 spiro atoms. The summed E-state index contributed by atoms with van der Waals surface area (Å²) in [6, 6.07) is 4.24. The third-order valence-corrected chi connectivity index (χ3v) is 1.96. The Morgan fingerprint density at radius 1 is 1.57 bits per heavy atom. The van der Waals surface area contributed by atoms with E-state index in [1.807, 2.05) is 0 Å². The van der Waals surface area contributed by atoms with Crippen molar-refractivity contribution in [3.05, 3.63) is 33.3 Å². The predicted molar refractivity (Wildman–Crippen MR) is 57.5 cm³/mol. The number of ether oxygens (including phenoxy) is 1. The summed E-state index contributed by atoms with van der Waals surface area (Å²) in [7, 11) is 0. The van der Waals surface area contributed by atoms with Gasteiger partial charge < -0.3 is 4.74 Å². The Bertz CT molecular complexity index is 345. The number of nitro groups is 1. The first-order valence-corrected chi connectivity index (χ1v) is 4.84. The third-order valence-electron chi connectivity index (χ3n) is 1.48. The van der Waals surface area contributed by atoms with E-state index in [4.69, 9.17) is 16.3 Å². The molecule has 0 unspecified atom stereocenters. The summed E-state index contributed by atoms with van der Waals surface area (Å²) in [5.41, 5.74) is -0.120. The summed E-state index contributed by atoms with van der Waals surface area (Å²) in [5.74, 6) is 1.09. The number of nitrogens with zero attached hydrogens (tertiary/aromatic N) is 1. The number of halogens is 1. The fourth-order valence-electron chi connectivity index (χ4n) is 0.889. The van der Waals surface area contributed by atoms with Gasteiger partial charge in [-0.25, -0.2) is 0 Å². The highest BCUT2D eigenvalue weighted by Gasteiger charge is 2.12. The molecule has 1 rings (SSSR count). The molecule has 0 bridgehead atoms. The predicted octanol–water partition coefficient (Wildman–Crippen LogP) is 2.56. The van der Waals surface area contributed by atoms with Crippen molar-refractivity contribution in [2.45, 2.75) is 0 Å². The first kappa shape index (κ1) is 11.1. The molecule has 0 radical (unpaired) electrons. The average Bonchev–Trinajstić information content (AvgIpc) is 2.14. The van der Waals surface area contributed by atoms with Crippen LogP contribution in [0.2, 0.25) is 5.02 Å². The number of nitro benzene ring substituents is 1. The maximum Gasteiger partial charge on any atom is 0.288 e. The zero-order valence-electron chi connectivity index (χ0n) is 7.14. The zero-order valence-corrected chi connectivity index (χ0v) is 8.79. The third kappa shape index (κ3) is 2.78. The van der Waals surface area contributed by atoms with Gasteiger partial charge in [0.15, 0.2) is 0 Å². The van der Waals surface area contributed by atoms with E-state index in [0.717, 1.165) is 0 Å². The van der Waals surface area contributed by atoms with Crippen molar-refractivity contribution in [1.82, 2.24) is 0 Å². The maximum absolute atomic E-state index is 10.4. The lowest BCUT2D eigenvalue weighted by Crippen LogP contribution is -1.98. The molecular weight excluding hydrogens is 226 g/mol.